The van der Waals surface area contributed by atoms with Crippen molar-refractivity contribution in [2.75, 3.05) is 11.5 Å². The van der Waals surface area contributed by atoms with Gasteiger partial charge >= 0.3 is 0 Å². The molecule has 1 unspecified atom stereocenters. The molecule has 1 rings (SSSR count). The third-order valence-corrected chi connectivity index (χ3v) is 3.94. The van der Waals surface area contributed by atoms with Crippen molar-refractivity contribution >= 4 is 35.0 Å². The summed E-state index contributed by atoms with van der Waals surface area (Å²) in [5, 5.41) is 3.55. The van der Waals surface area contributed by atoms with Gasteiger partial charge in [0.25, 0.3) is 0 Å². The topological polar surface area (TPSA) is 55.1 Å². The van der Waals surface area contributed by atoms with E-state index in [0.29, 0.717) is 16.5 Å². The zero-order valence-corrected chi connectivity index (χ0v) is 12.3. The molecule has 5 heteroatoms. The van der Waals surface area contributed by atoms with Crippen LogP contribution in [-0.4, -0.2) is 17.7 Å². The van der Waals surface area contributed by atoms with Crippen LogP contribution in [-0.2, 0) is 4.79 Å². The van der Waals surface area contributed by atoms with Crippen molar-refractivity contribution in [3.63, 3.8) is 0 Å². The summed E-state index contributed by atoms with van der Waals surface area (Å²) in [5.41, 5.74) is 6.24. The lowest BCUT2D eigenvalue weighted by molar-refractivity contribution is -0.119. The molecule has 0 fully saturated rings. The van der Waals surface area contributed by atoms with Crippen LogP contribution < -0.4 is 11.1 Å². The van der Waals surface area contributed by atoms with Crippen LogP contribution in [0.1, 0.15) is 26.7 Å². The van der Waals surface area contributed by atoms with E-state index in [-0.39, 0.29) is 11.9 Å². The van der Waals surface area contributed by atoms with E-state index in [2.05, 4.69) is 12.2 Å². The second-order valence-electron chi connectivity index (χ2n) is 4.24. The fraction of sp³-hybridized carbons (Fsp3) is 0.462. The minimum Gasteiger partial charge on any atom is -0.399 e. The molecule has 1 amide bonds. The van der Waals surface area contributed by atoms with Crippen LogP contribution in [0, 0.1) is 0 Å². The maximum absolute atomic E-state index is 11.7. The summed E-state index contributed by atoms with van der Waals surface area (Å²) < 4.78 is 0. The third kappa shape index (κ3) is 5.19. The number of carbonyl (C=O) groups excluding carboxylic acids is 1. The molecule has 1 aromatic rings. The van der Waals surface area contributed by atoms with Crippen LogP contribution in [0.4, 0.5) is 5.69 Å². The number of hydrogen-bond acceptors (Lipinski definition) is 3. The van der Waals surface area contributed by atoms with Gasteiger partial charge in [-0.1, -0.05) is 24.9 Å². The highest BCUT2D eigenvalue weighted by molar-refractivity contribution is 8.00. The van der Waals surface area contributed by atoms with Crippen molar-refractivity contribution in [2.24, 2.45) is 0 Å². The largest absolute Gasteiger partial charge is 0.399 e. The Balaban J connectivity index is 2.42. The van der Waals surface area contributed by atoms with Crippen molar-refractivity contribution in [1.82, 2.24) is 5.32 Å². The Morgan fingerprint density at radius 2 is 2.28 bits per heavy atom. The van der Waals surface area contributed by atoms with Gasteiger partial charge in [-0.3, -0.25) is 4.79 Å². The van der Waals surface area contributed by atoms with Gasteiger partial charge in [0.1, 0.15) is 0 Å². The maximum Gasteiger partial charge on any atom is 0.230 e. The predicted molar refractivity (Wildman–Crippen MR) is 79.1 cm³/mol. The number of hydrogen-bond donors (Lipinski definition) is 2. The molecular formula is C13H19ClN2OS. The zero-order chi connectivity index (χ0) is 13.5. The highest BCUT2D eigenvalue weighted by Crippen LogP contribution is 2.28. The number of benzene rings is 1. The van der Waals surface area contributed by atoms with Crippen molar-refractivity contribution in [3.05, 3.63) is 23.2 Å². The van der Waals surface area contributed by atoms with Crippen molar-refractivity contribution in [2.45, 2.75) is 37.6 Å². The number of amides is 1. The number of anilines is 1. The quantitative estimate of drug-likeness (QED) is 0.623. The Kier molecular flexibility index (Phi) is 6.36. The first-order valence-electron chi connectivity index (χ1n) is 6.00. The maximum atomic E-state index is 11.7. The molecule has 0 bridgehead atoms. The molecule has 1 aromatic carbocycles. The van der Waals surface area contributed by atoms with Crippen LogP contribution in [0.25, 0.3) is 0 Å². The Morgan fingerprint density at radius 3 is 2.89 bits per heavy atom. The molecule has 0 aliphatic heterocycles. The van der Waals surface area contributed by atoms with E-state index in [1.54, 1.807) is 12.1 Å². The van der Waals surface area contributed by atoms with Gasteiger partial charge in [-0.2, -0.15) is 0 Å². The Labute approximate surface area is 117 Å². The average molecular weight is 287 g/mol. The molecule has 0 aliphatic rings. The number of nitrogens with two attached hydrogens (primary N) is 1. The molecule has 3 N–H and O–H groups in total. The molecule has 100 valence electrons. The van der Waals surface area contributed by atoms with Gasteiger partial charge in [0.15, 0.2) is 0 Å². The van der Waals surface area contributed by atoms with E-state index < -0.39 is 0 Å². The first-order chi connectivity index (χ1) is 8.52. The van der Waals surface area contributed by atoms with E-state index in [4.69, 9.17) is 17.3 Å². The fourth-order valence-corrected chi connectivity index (χ4v) is 2.68. The Morgan fingerprint density at radius 1 is 1.56 bits per heavy atom. The monoisotopic (exact) mass is 286 g/mol. The molecule has 0 saturated carbocycles. The lowest BCUT2D eigenvalue weighted by atomic mass is 10.2. The molecule has 18 heavy (non-hydrogen) atoms. The highest BCUT2D eigenvalue weighted by atomic mass is 35.5. The first-order valence-corrected chi connectivity index (χ1v) is 7.36. The summed E-state index contributed by atoms with van der Waals surface area (Å²) in [4.78, 5) is 12.6. The van der Waals surface area contributed by atoms with Crippen molar-refractivity contribution < 1.29 is 4.79 Å². The SMILES string of the molecule is CCCC(C)NC(=O)CSc1ccc(N)cc1Cl. The van der Waals surface area contributed by atoms with Crippen LogP contribution in [0.3, 0.4) is 0 Å². The number of nitrogens with one attached hydrogen (secondary N) is 1. The van der Waals surface area contributed by atoms with Gasteiger partial charge in [0, 0.05) is 16.6 Å². The molecule has 3 nitrogen and oxygen atoms in total. The third-order valence-electron chi connectivity index (χ3n) is 2.44. The lowest BCUT2D eigenvalue weighted by Crippen LogP contribution is -2.33. The van der Waals surface area contributed by atoms with Gasteiger partial charge in [-0.25, -0.2) is 0 Å². The second kappa shape index (κ2) is 7.54. The first kappa shape index (κ1) is 15.2. The van der Waals surface area contributed by atoms with E-state index in [1.807, 2.05) is 13.0 Å². The highest BCUT2D eigenvalue weighted by Gasteiger charge is 2.08. The molecule has 0 spiro atoms. The van der Waals surface area contributed by atoms with Gasteiger partial charge in [0.05, 0.1) is 10.8 Å². The molecule has 0 aromatic heterocycles. The Bertz CT molecular complexity index is 412. The average Bonchev–Trinajstić information content (AvgIpc) is 2.28. The number of thioether (sulfide) groups is 1. The minimum atomic E-state index is 0.0360. The number of halogens is 1. The smallest absolute Gasteiger partial charge is 0.230 e. The van der Waals surface area contributed by atoms with E-state index in [0.717, 1.165) is 17.7 Å². The van der Waals surface area contributed by atoms with E-state index in [1.165, 1.54) is 11.8 Å². The van der Waals surface area contributed by atoms with Gasteiger partial charge in [-0.15, -0.1) is 11.8 Å². The van der Waals surface area contributed by atoms with Crippen LogP contribution >= 0.6 is 23.4 Å². The fourth-order valence-electron chi connectivity index (χ4n) is 1.60. The normalized spacial score (nSPS) is 12.2. The predicted octanol–water partition coefficient (Wildman–Crippen LogP) is 3.32. The van der Waals surface area contributed by atoms with Gasteiger partial charge in [-0.05, 0) is 31.5 Å². The summed E-state index contributed by atoms with van der Waals surface area (Å²) in [7, 11) is 0. The summed E-state index contributed by atoms with van der Waals surface area (Å²) in [5.74, 6) is 0.409. The zero-order valence-electron chi connectivity index (χ0n) is 10.7. The van der Waals surface area contributed by atoms with Crippen LogP contribution in [0.5, 0.6) is 0 Å². The number of carbonyl (C=O) groups is 1. The van der Waals surface area contributed by atoms with Crippen molar-refractivity contribution in [3.8, 4) is 0 Å². The lowest BCUT2D eigenvalue weighted by Gasteiger charge is -2.12. The molecule has 0 aliphatic carbocycles. The van der Waals surface area contributed by atoms with Crippen LogP contribution in [0.15, 0.2) is 23.1 Å². The van der Waals surface area contributed by atoms with Gasteiger partial charge in [0.2, 0.25) is 5.91 Å². The number of nitrogen functional groups attached to an aromatic ring is 1. The standard InChI is InChI=1S/C13H19ClN2OS/c1-3-4-9(2)16-13(17)8-18-12-6-5-10(15)7-11(12)14/h5-7,9H,3-4,8,15H2,1-2H3,(H,16,17). The van der Waals surface area contributed by atoms with Crippen LogP contribution in [0.2, 0.25) is 5.02 Å². The number of rotatable bonds is 6. The minimum absolute atomic E-state index is 0.0360. The molecule has 0 saturated heterocycles. The summed E-state index contributed by atoms with van der Waals surface area (Å²) >= 11 is 7.46. The summed E-state index contributed by atoms with van der Waals surface area (Å²) in [6.45, 7) is 4.12. The van der Waals surface area contributed by atoms with E-state index >= 15 is 0 Å². The molecule has 0 heterocycles. The van der Waals surface area contributed by atoms with Gasteiger partial charge < -0.3 is 11.1 Å². The molecule has 1 atom stereocenters. The Hall–Kier alpha value is -0.870. The summed E-state index contributed by atoms with van der Waals surface area (Å²) in [6, 6.07) is 5.54. The van der Waals surface area contributed by atoms with E-state index in [9.17, 15) is 4.79 Å². The molecular weight excluding hydrogens is 268 g/mol. The second-order valence-corrected chi connectivity index (χ2v) is 5.66. The summed E-state index contributed by atoms with van der Waals surface area (Å²) in [6.07, 6.45) is 2.07. The molecule has 0 radical (unpaired) electrons. The van der Waals surface area contributed by atoms with Crippen molar-refractivity contribution in [1.29, 1.82) is 0 Å².